The number of fused-ring (bicyclic) bond motifs is 1. The Labute approximate surface area is 118 Å². The summed E-state index contributed by atoms with van der Waals surface area (Å²) in [4.78, 5) is 18.9. The summed E-state index contributed by atoms with van der Waals surface area (Å²) in [5.74, 6) is -0.699. The fraction of sp³-hybridized carbons (Fsp3) is 0.714. The minimum Gasteiger partial charge on any atom is -0.481 e. The Morgan fingerprint density at radius 1 is 1.37 bits per heavy atom. The summed E-state index contributed by atoms with van der Waals surface area (Å²) in [5.41, 5.74) is 1.32. The molecule has 0 bridgehead atoms. The van der Waals surface area contributed by atoms with E-state index in [1.807, 2.05) is 11.3 Å². The van der Waals surface area contributed by atoms with Crippen molar-refractivity contribution >= 4 is 17.3 Å². The third kappa shape index (κ3) is 4.58. The van der Waals surface area contributed by atoms with Crippen molar-refractivity contribution < 1.29 is 9.90 Å². The summed E-state index contributed by atoms with van der Waals surface area (Å²) in [7, 11) is 2.08. The molecule has 1 aliphatic rings. The number of unbranched alkanes of at least 4 members (excludes halogenated alkanes) is 1. The SMILES string of the molecule is CN(CCCCC(=O)O)Cc1nc2c(s1)CCCC2. The third-order valence-electron chi connectivity index (χ3n) is 3.48. The highest BCUT2D eigenvalue weighted by atomic mass is 32.1. The number of thiazole rings is 1. The standard InChI is InChI=1S/C14H22N2O2S/c1-16(9-5-4-8-14(17)18)10-13-15-11-6-2-3-7-12(11)19-13/h2-10H2,1H3,(H,17,18). The summed E-state index contributed by atoms with van der Waals surface area (Å²) >= 11 is 1.86. The summed E-state index contributed by atoms with van der Waals surface area (Å²) in [6.45, 7) is 1.84. The lowest BCUT2D eigenvalue weighted by atomic mass is 10.0. The molecular weight excluding hydrogens is 260 g/mol. The number of carboxylic acids is 1. The Morgan fingerprint density at radius 2 is 2.16 bits per heavy atom. The van der Waals surface area contributed by atoms with E-state index in [9.17, 15) is 4.79 Å². The van der Waals surface area contributed by atoms with E-state index in [-0.39, 0.29) is 6.42 Å². The average molecular weight is 282 g/mol. The van der Waals surface area contributed by atoms with Crippen molar-refractivity contribution in [3.05, 3.63) is 15.6 Å². The first kappa shape index (κ1) is 14.5. The first-order chi connectivity index (χ1) is 9.15. The molecule has 2 rings (SSSR count). The molecule has 1 aromatic heterocycles. The van der Waals surface area contributed by atoms with Gasteiger partial charge < -0.3 is 5.11 Å². The molecule has 0 aromatic carbocycles. The molecule has 0 saturated carbocycles. The van der Waals surface area contributed by atoms with Crippen LogP contribution in [0.25, 0.3) is 0 Å². The lowest BCUT2D eigenvalue weighted by Crippen LogP contribution is -2.19. The van der Waals surface area contributed by atoms with Gasteiger partial charge >= 0.3 is 5.97 Å². The molecule has 1 N–H and O–H groups in total. The van der Waals surface area contributed by atoms with Gasteiger partial charge in [0, 0.05) is 11.3 Å². The van der Waals surface area contributed by atoms with Crippen LogP contribution < -0.4 is 0 Å². The summed E-state index contributed by atoms with van der Waals surface area (Å²) in [6.07, 6.45) is 6.91. The average Bonchev–Trinajstić information content (AvgIpc) is 2.76. The van der Waals surface area contributed by atoms with Crippen molar-refractivity contribution in [1.29, 1.82) is 0 Å². The van der Waals surface area contributed by atoms with Crippen LogP contribution in [0.4, 0.5) is 0 Å². The fourth-order valence-electron chi connectivity index (χ4n) is 2.44. The van der Waals surface area contributed by atoms with Crippen LogP contribution in [-0.4, -0.2) is 34.6 Å². The number of carbonyl (C=O) groups is 1. The number of hydrogen-bond donors (Lipinski definition) is 1. The van der Waals surface area contributed by atoms with Gasteiger partial charge in [-0.25, -0.2) is 4.98 Å². The van der Waals surface area contributed by atoms with E-state index in [1.54, 1.807) is 0 Å². The minimum absolute atomic E-state index is 0.277. The van der Waals surface area contributed by atoms with Crippen LogP contribution in [0.2, 0.25) is 0 Å². The number of aryl methyl sites for hydroxylation is 2. The van der Waals surface area contributed by atoms with Gasteiger partial charge in [-0.1, -0.05) is 0 Å². The Hall–Kier alpha value is -0.940. The third-order valence-corrected chi connectivity index (χ3v) is 4.62. The summed E-state index contributed by atoms with van der Waals surface area (Å²) < 4.78 is 0. The number of aromatic nitrogens is 1. The van der Waals surface area contributed by atoms with Crippen molar-refractivity contribution in [2.75, 3.05) is 13.6 Å². The zero-order valence-corrected chi connectivity index (χ0v) is 12.3. The first-order valence-corrected chi connectivity index (χ1v) is 7.84. The van der Waals surface area contributed by atoms with E-state index < -0.39 is 5.97 Å². The zero-order chi connectivity index (χ0) is 13.7. The van der Waals surface area contributed by atoms with E-state index >= 15 is 0 Å². The number of aliphatic carboxylic acids is 1. The van der Waals surface area contributed by atoms with Crippen LogP contribution in [0.15, 0.2) is 0 Å². The van der Waals surface area contributed by atoms with E-state index in [4.69, 9.17) is 10.1 Å². The van der Waals surface area contributed by atoms with Crippen LogP contribution in [0.1, 0.15) is 47.7 Å². The molecule has 1 heterocycles. The molecule has 4 nitrogen and oxygen atoms in total. The molecule has 0 radical (unpaired) electrons. The van der Waals surface area contributed by atoms with E-state index in [1.165, 1.54) is 34.8 Å². The highest BCUT2D eigenvalue weighted by molar-refractivity contribution is 7.11. The molecule has 1 aromatic rings. The second kappa shape index (κ2) is 7.01. The van der Waals surface area contributed by atoms with E-state index in [0.717, 1.165) is 32.4 Å². The molecule has 0 saturated heterocycles. The maximum absolute atomic E-state index is 10.4. The van der Waals surface area contributed by atoms with Crippen LogP contribution in [0, 0.1) is 0 Å². The Morgan fingerprint density at radius 3 is 2.89 bits per heavy atom. The van der Waals surface area contributed by atoms with Crippen molar-refractivity contribution in [2.45, 2.75) is 51.5 Å². The normalized spacial score (nSPS) is 14.6. The maximum Gasteiger partial charge on any atom is 0.303 e. The van der Waals surface area contributed by atoms with Crippen LogP contribution >= 0.6 is 11.3 Å². The number of nitrogens with zero attached hydrogens (tertiary/aromatic N) is 2. The lowest BCUT2D eigenvalue weighted by Gasteiger charge is -2.14. The first-order valence-electron chi connectivity index (χ1n) is 7.03. The molecule has 0 spiro atoms. The van der Waals surface area contributed by atoms with Gasteiger partial charge in [0.25, 0.3) is 0 Å². The predicted molar refractivity (Wildman–Crippen MR) is 76.6 cm³/mol. The fourth-order valence-corrected chi connectivity index (χ4v) is 3.68. The molecule has 0 unspecified atom stereocenters. The molecule has 0 fully saturated rings. The highest BCUT2D eigenvalue weighted by Gasteiger charge is 2.15. The van der Waals surface area contributed by atoms with E-state index in [2.05, 4.69) is 11.9 Å². The smallest absolute Gasteiger partial charge is 0.303 e. The van der Waals surface area contributed by atoms with Gasteiger partial charge in [-0.15, -0.1) is 11.3 Å². The number of carboxylic acid groups (broad SMARTS) is 1. The van der Waals surface area contributed by atoms with Gasteiger partial charge in [-0.05, 0) is 52.1 Å². The Balaban J connectivity index is 1.74. The molecule has 0 aliphatic heterocycles. The minimum atomic E-state index is -0.699. The van der Waals surface area contributed by atoms with E-state index in [0.29, 0.717) is 0 Å². The molecule has 5 heteroatoms. The molecular formula is C14H22N2O2S. The second-order valence-corrected chi connectivity index (χ2v) is 6.44. The largest absolute Gasteiger partial charge is 0.481 e. The predicted octanol–water partition coefficient (Wildman–Crippen LogP) is 2.71. The molecule has 106 valence electrons. The van der Waals surface area contributed by atoms with Gasteiger partial charge in [0.05, 0.1) is 12.2 Å². The van der Waals surface area contributed by atoms with Crippen molar-refractivity contribution in [3.8, 4) is 0 Å². The molecule has 0 atom stereocenters. The molecule has 1 aliphatic carbocycles. The van der Waals surface area contributed by atoms with Crippen molar-refractivity contribution in [1.82, 2.24) is 9.88 Å². The van der Waals surface area contributed by atoms with Crippen LogP contribution in [-0.2, 0) is 24.2 Å². The highest BCUT2D eigenvalue weighted by Crippen LogP contribution is 2.27. The Kier molecular flexibility index (Phi) is 5.34. The number of rotatable bonds is 7. The number of hydrogen-bond acceptors (Lipinski definition) is 4. The maximum atomic E-state index is 10.4. The Bertz CT molecular complexity index is 408. The van der Waals surface area contributed by atoms with Crippen LogP contribution in [0.3, 0.4) is 0 Å². The van der Waals surface area contributed by atoms with Gasteiger partial charge in [0.1, 0.15) is 5.01 Å². The monoisotopic (exact) mass is 282 g/mol. The summed E-state index contributed by atoms with van der Waals surface area (Å²) in [5, 5.41) is 9.80. The molecule has 19 heavy (non-hydrogen) atoms. The quantitative estimate of drug-likeness (QED) is 0.781. The summed E-state index contributed by atoms with van der Waals surface area (Å²) in [6, 6.07) is 0. The van der Waals surface area contributed by atoms with Crippen molar-refractivity contribution in [2.24, 2.45) is 0 Å². The van der Waals surface area contributed by atoms with Gasteiger partial charge in [-0.2, -0.15) is 0 Å². The van der Waals surface area contributed by atoms with Gasteiger partial charge in [0.2, 0.25) is 0 Å². The topological polar surface area (TPSA) is 53.4 Å². The van der Waals surface area contributed by atoms with Gasteiger partial charge in [-0.3, -0.25) is 9.69 Å². The lowest BCUT2D eigenvalue weighted by molar-refractivity contribution is -0.137. The van der Waals surface area contributed by atoms with Crippen molar-refractivity contribution in [3.63, 3.8) is 0 Å². The van der Waals surface area contributed by atoms with Crippen LogP contribution in [0.5, 0.6) is 0 Å². The zero-order valence-electron chi connectivity index (χ0n) is 11.5. The second-order valence-electron chi connectivity index (χ2n) is 5.27. The van der Waals surface area contributed by atoms with Gasteiger partial charge in [0.15, 0.2) is 0 Å². The molecule has 0 amide bonds.